The van der Waals surface area contributed by atoms with Crippen LogP contribution in [0.4, 0.5) is 4.79 Å². The molecule has 0 radical (unpaired) electrons. The monoisotopic (exact) mass is 540 g/mol. The molecule has 1 fully saturated rings. The Morgan fingerprint density at radius 1 is 1.02 bits per heavy atom. The van der Waals surface area contributed by atoms with Crippen molar-refractivity contribution in [3.8, 4) is 33.6 Å². The summed E-state index contributed by atoms with van der Waals surface area (Å²) in [4.78, 5) is 44.3. The van der Waals surface area contributed by atoms with E-state index in [-0.39, 0.29) is 12.1 Å². The largest absolute Gasteiger partial charge is 0.444 e. The highest BCUT2D eigenvalue weighted by Gasteiger charge is 2.34. The van der Waals surface area contributed by atoms with E-state index in [0.717, 1.165) is 64.4 Å². The van der Waals surface area contributed by atoms with Crippen LogP contribution in [0.15, 0.2) is 54.9 Å². The highest BCUT2D eigenvalue weighted by molar-refractivity contribution is 5.90. The highest BCUT2D eigenvalue weighted by Crippen LogP contribution is 2.34. The lowest BCUT2D eigenvalue weighted by atomic mass is 9.96. The van der Waals surface area contributed by atoms with Crippen molar-refractivity contribution in [2.75, 3.05) is 20.6 Å². The Morgan fingerprint density at radius 3 is 2.40 bits per heavy atom. The first-order valence-corrected chi connectivity index (χ1v) is 13.5. The normalized spacial score (nSPS) is 15.6. The third-order valence-corrected chi connectivity index (χ3v) is 6.88. The number of imidazole rings is 2. The van der Waals surface area contributed by atoms with E-state index in [1.807, 2.05) is 82.2 Å². The molecule has 2 N–H and O–H groups in total. The molecule has 0 saturated carbocycles. The second-order valence-corrected chi connectivity index (χ2v) is 11.5. The SMILES string of the molecule is CN(C)Cc1ncc(-c2ccc(-c3ccc(-c4cnc([C@@H]5CCCN5C(=O)OC(C)(C)C)[nH]4)cc3)c(C=O)c2)[nH]1. The van der Waals surface area contributed by atoms with Crippen molar-refractivity contribution in [3.05, 3.63) is 72.1 Å². The third kappa shape index (κ3) is 5.99. The van der Waals surface area contributed by atoms with E-state index in [4.69, 9.17) is 4.74 Å². The van der Waals surface area contributed by atoms with E-state index in [2.05, 4.69) is 19.9 Å². The second-order valence-electron chi connectivity index (χ2n) is 11.5. The molecule has 4 aromatic rings. The van der Waals surface area contributed by atoms with Crippen molar-refractivity contribution in [1.82, 2.24) is 29.7 Å². The first-order valence-electron chi connectivity index (χ1n) is 13.5. The van der Waals surface area contributed by atoms with Crippen LogP contribution in [0.25, 0.3) is 33.6 Å². The number of likely N-dealkylation sites (tertiary alicyclic amines) is 1. The maximum absolute atomic E-state index is 12.7. The first-order chi connectivity index (χ1) is 19.1. The Kier molecular flexibility index (Phi) is 7.58. The quantitative estimate of drug-likeness (QED) is 0.275. The molecule has 1 atom stereocenters. The fourth-order valence-electron chi connectivity index (χ4n) is 5.05. The van der Waals surface area contributed by atoms with Crippen molar-refractivity contribution in [3.63, 3.8) is 0 Å². The van der Waals surface area contributed by atoms with Gasteiger partial charge in [-0.15, -0.1) is 0 Å². The molecule has 0 unspecified atom stereocenters. The Bertz CT molecular complexity index is 1500. The number of hydrogen-bond donors (Lipinski definition) is 2. The van der Waals surface area contributed by atoms with Crippen LogP contribution in [-0.2, 0) is 11.3 Å². The number of nitrogens with one attached hydrogen (secondary N) is 2. The molecule has 2 aromatic carbocycles. The molecule has 9 nitrogen and oxygen atoms in total. The van der Waals surface area contributed by atoms with Crippen LogP contribution in [0.5, 0.6) is 0 Å². The minimum absolute atomic E-state index is 0.134. The summed E-state index contributed by atoms with van der Waals surface area (Å²) in [5.41, 5.74) is 5.52. The summed E-state index contributed by atoms with van der Waals surface area (Å²) in [6, 6.07) is 13.8. The lowest BCUT2D eigenvalue weighted by Gasteiger charge is -2.27. The summed E-state index contributed by atoms with van der Waals surface area (Å²) in [6.07, 6.45) is 5.93. The molecule has 208 valence electrons. The Balaban J connectivity index is 1.33. The summed E-state index contributed by atoms with van der Waals surface area (Å²) < 4.78 is 5.60. The van der Waals surface area contributed by atoms with Crippen molar-refractivity contribution < 1.29 is 14.3 Å². The van der Waals surface area contributed by atoms with Crippen LogP contribution < -0.4 is 0 Å². The molecule has 0 spiro atoms. The number of aromatic amines is 2. The number of rotatable bonds is 7. The van der Waals surface area contributed by atoms with Crippen LogP contribution in [0.2, 0.25) is 0 Å². The molecule has 5 rings (SSSR count). The molecule has 9 heteroatoms. The minimum atomic E-state index is -0.543. The van der Waals surface area contributed by atoms with Gasteiger partial charge >= 0.3 is 6.09 Å². The van der Waals surface area contributed by atoms with Gasteiger partial charge in [0.15, 0.2) is 6.29 Å². The third-order valence-electron chi connectivity index (χ3n) is 6.88. The lowest BCUT2D eigenvalue weighted by Crippen LogP contribution is -2.36. The summed E-state index contributed by atoms with van der Waals surface area (Å²) in [5, 5.41) is 0. The molecule has 40 heavy (non-hydrogen) atoms. The number of carbonyl (C=O) groups excluding carboxylic acids is 2. The van der Waals surface area contributed by atoms with Gasteiger partial charge in [0, 0.05) is 17.7 Å². The van der Waals surface area contributed by atoms with Gasteiger partial charge < -0.3 is 19.6 Å². The van der Waals surface area contributed by atoms with Crippen LogP contribution in [0, 0.1) is 0 Å². The van der Waals surface area contributed by atoms with Gasteiger partial charge in [-0.05, 0) is 70.5 Å². The molecule has 2 aromatic heterocycles. The molecular formula is C31H36N6O3. The van der Waals surface area contributed by atoms with Crippen molar-refractivity contribution in [1.29, 1.82) is 0 Å². The average Bonchev–Trinajstić information content (AvgIpc) is 3.68. The summed E-state index contributed by atoms with van der Waals surface area (Å²) in [6.45, 7) is 6.99. The summed E-state index contributed by atoms with van der Waals surface area (Å²) in [5.74, 6) is 1.63. The number of nitrogens with zero attached hydrogens (tertiary/aromatic N) is 4. The van der Waals surface area contributed by atoms with Gasteiger partial charge in [-0.2, -0.15) is 0 Å². The predicted octanol–water partition coefficient (Wildman–Crippen LogP) is 6.08. The van der Waals surface area contributed by atoms with Crippen LogP contribution >= 0.6 is 0 Å². The zero-order valence-electron chi connectivity index (χ0n) is 23.7. The van der Waals surface area contributed by atoms with Gasteiger partial charge in [-0.1, -0.05) is 36.4 Å². The average molecular weight is 541 g/mol. The van der Waals surface area contributed by atoms with Gasteiger partial charge in [0.25, 0.3) is 0 Å². The molecule has 1 aliphatic rings. The maximum atomic E-state index is 12.7. The fraction of sp³-hybridized carbons (Fsp3) is 0.355. The predicted molar refractivity (Wildman–Crippen MR) is 155 cm³/mol. The lowest BCUT2D eigenvalue weighted by molar-refractivity contribution is 0.0218. The second kappa shape index (κ2) is 11.1. The number of hydrogen-bond acceptors (Lipinski definition) is 6. The number of H-pyrrole nitrogens is 2. The fourth-order valence-corrected chi connectivity index (χ4v) is 5.05. The van der Waals surface area contributed by atoms with Gasteiger partial charge in [-0.3, -0.25) is 9.69 Å². The van der Waals surface area contributed by atoms with E-state index < -0.39 is 5.60 Å². The van der Waals surface area contributed by atoms with E-state index in [1.54, 1.807) is 17.3 Å². The molecule has 0 bridgehead atoms. The Labute approximate surface area is 234 Å². The molecule has 1 saturated heterocycles. The van der Waals surface area contributed by atoms with Crippen LogP contribution in [0.3, 0.4) is 0 Å². The van der Waals surface area contributed by atoms with Gasteiger partial charge in [0.2, 0.25) is 0 Å². The zero-order chi connectivity index (χ0) is 28.4. The zero-order valence-corrected chi connectivity index (χ0v) is 23.7. The number of aldehydes is 1. The summed E-state index contributed by atoms with van der Waals surface area (Å²) in [7, 11) is 3.99. The van der Waals surface area contributed by atoms with E-state index in [0.29, 0.717) is 18.7 Å². The van der Waals surface area contributed by atoms with Gasteiger partial charge in [0.1, 0.15) is 17.2 Å². The van der Waals surface area contributed by atoms with Crippen LogP contribution in [-0.4, -0.2) is 68.4 Å². The highest BCUT2D eigenvalue weighted by atomic mass is 16.6. The topological polar surface area (TPSA) is 107 Å². The van der Waals surface area contributed by atoms with Crippen molar-refractivity contribution >= 4 is 12.4 Å². The number of carbonyl (C=O) groups is 2. The Hall–Kier alpha value is -4.24. The number of benzene rings is 2. The molecule has 3 heterocycles. The Morgan fingerprint density at radius 2 is 1.70 bits per heavy atom. The van der Waals surface area contributed by atoms with Crippen molar-refractivity contribution in [2.24, 2.45) is 0 Å². The molecule has 1 amide bonds. The number of ether oxygens (including phenoxy) is 1. The van der Waals surface area contributed by atoms with Gasteiger partial charge in [-0.25, -0.2) is 14.8 Å². The molecule has 1 aliphatic heterocycles. The van der Waals surface area contributed by atoms with E-state index >= 15 is 0 Å². The maximum Gasteiger partial charge on any atom is 0.410 e. The number of aromatic nitrogens is 4. The smallest absolute Gasteiger partial charge is 0.410 e. The van der Waals surface area contributed by atoms with Crippen LogP contribution in [0.1, 0.15) is 61.7 Å². The number of amides is 1. The van der Waals surface area contributed by atoms with E-state index in [9.17, 15) is 9.59 Å². The van der Waals surface area contributed by atoms with Gasteiger partial charge in [0.05, 0.1) is 36.4 Å². The van der Waals surface area contributed by atoms with Crippen molar-refractivity contribution in [2.45, 2.75) is 51.8 Å². The van der Waals surface area contributed by atoms with E-state index in [1.165, 1.54) is 0 Å². The molecule has 0 aliphatic carbocycles. The minimum Gasteiger partial charge on any atom is -0.444 e. The first kappa shape index (κ1) is 27.3. The summed E-state index contributed by atoms with van der Waals surface area (Å²) >= 11 is 0. The molecular weight excluding hydrogens is 504 g/mol. The standard InChI is InChI=1S/C31H36N6O3/c1-31(2,3)40-30(39)37-14-6-7-27(37)29-33-17-25(35-29)21-10-8-20(9-11-21)24-13-12-22(15-23(24)19-38)26-16-32-28(34-26)18-36(4)5/h8-13,15-17,19,27H,6-7,14,18H2,1-5H3,(H,32,34)(H,33,35)/t27-/m0/s1.